The maximum Gasteiger partial charge on any atom is 0.178 e. The SMILES string of the molecule is CCCN(CCC)c1ccc(/C=C/C(=O)/C=C/c2ccc(N(CCC)CCC)cc2)cc1. The largest absolute Gasteiger partial charge is 0.372 e. The Morgan fingerprint density at radius 2 is 0.906 bits per heavy atom. The molecule has 0 N–H and O–H groups in total. The first-order chi connectivity index (χ1) is 15.6. The van der Waals surface area contributed by atoms with Crippen molar-refractivity contribution in [2.24, 2.45) is 0 Å². The topological polar surface area (TPSA) is 23.6 Å². The average Bonchev–Trinajstić information content (AvgIpc) is 2.82. The van der Waals surface area contributed by atoms with Crippen molar-refractivity contribution in [3.05, 3.63) is 71.8 Å². The van der Waals surface area contributed by atoms with E-state index in [2.05, 4.69) is 86.0 Å². The van der Waals surface area contributed by atoms with E-state index in [1.165, 1.54) is 11.4 Å². The Kier molecular flexibility index (Phi) is 11.4. The predicted molar refractivity (Wildman–Crippen MR) is 142 cm³/mol. The van der Waals surface area contributed by atoms with Gasteiger partial charge in [-0.3, -0.25) is 4.79 Å². The molecule has 172 valence electrons. The lowest BCUT2D eigenvalue weighted by molar-refractivity contribution is -0.110. The van der Waals surface area contributed by atoms with Gasteiger partial charge in [-0.1, -0.05) is 64.1 Å². The fourth-order valence-corrected chi connectivity index (χ4v) is 3.82. The van der Waals surface area contributed by atoms with Crippen LogP contribution in [0.25, 0.3) is 12.2 Å². The molecule has 0 atom stereocenters. The van der Waals surface area contributed by atoms with Crippen molar-refractivity contribution >= 4 is 29.3 Å². The predicted octanol–water partition coefficient (Wildman–Crippen LogP) is 7.24. The van der Waals surface area contributed by atoms with Crippen LogP contribution in [0.2, 0.25) is 0 Å². The van der Waals surface area contributed by atoms with Crippen LogP contribution < -0.4 is 9.80 Å². The van der Waals surface area contributed by atoms with Gasteiger partial charge >= 0.3 is 0 Å². The maximum absolute atomic E-state index is 12.3. The molecule has 2 aromatic carbocycles. The summed E-state index contributed by atoms with van der Waals surface area (Å²) in [5.74, 6) is -0.00432. The van der Waals surface area contributed by atoms with E-state index in [1.807, 2.05) is 12.2 Å². The van der Waals surface area contributed by atoms with E-state index in [1.54, 1.807) is 12.2 Å². The number of anilines is 2. The summed E-state index contributed by atoms with van der Waals surface area (Å²) >= 11 is 0. The van der Waals surface area contributed by atoms with Crippen molar-refractivity contribution in [3.63, 3.8) is 0 Å². The number of rotatable bonds is 14. The molecule has 0 aliphatic rings. The van der Waals surface area contributed by atoms with Crippen molar-refractivity contribution in [1.29, 1.82) is 0 Å². The number of allylic oxidation sites excluding steroid dienone is 2. The van der Waals surface area contributed by atoms with Gasteiger partial charge in [0.05, 0.1) is 0 Å². The molecule has 0 unspecified atom stereocenters. The Morgan fingerprint density at radius 1 is 0.594 bits per heavy atom. The van der Waals surface area contributed by atoms with E-state index < -0.39 is 0 Å². The summed E-state index contributed by atoms with van der Waals surface area (Å²) in [5, 5.41) is 0. The second-order valence-electron chi connectivity index (χ2n) is 8.23. The lowest BCUT2D eigenvalue weighted by Gasteiger charge is -2.23. The number of carbonyl (C=O) groups excluding carboxylic acids is 1. The number of ketones is 1. The average molecular weight is 433 g/mol. The molecule has 0 heterocycles. The highest BCUT2D eigenvalue weighted by Gasteiger charge is 2.05. The summed E-state index contributed by atoms with van der Waals surface area (Å²) in [7, 11) is 0. The molecule has 2 aromatic rings. The molecule has 0 radical (unpaired) electrons. The number of benzene rings is 2. The highest BCUT2D eigenvalue weighted by atomic mass is 16.1. The molecule has 2 rings (SSSR count). The first-order valence-corrected chi connectivity index (χ1v) is 12.2. The Bertz CT molecular complexity index is 766. The van der Waals surface area contributed by atoms with E-state index in [9.17, 15) is 4.79 Å². The number of hydrogen-bond acceptors (Lipinski definition) is 3. The number of hydrogen-bond donors (Lipinski definition) is 0. The Labute approximate surface area is 195 Å². The first kappa shape index (κ1) is 25.5. The molecule has 0 saturated heterocycles. The van der Waals surface area contributed by atoms with Gasteiger partial charge in [0.15, 0.2) is 5.78 Å². The lowest BCUT2D eigenvalue weighted by Crippen LogP contribution is -2.24. The molecule has 0 aliphatic heterocycles. The van der Waals surface area contributed by atoms with Crippen LogP contribution in [0.4, 0.5) is 11.4 Å². The van der Waals surface area contributed by atoms with Crippen LogP contribution >= 0.6 is 0 Å². The molecule has 0 bridgehead atoms. The summed E-state index contributed by atoms with van der Waals surface area (Å²) in [6.07, 6.45) is 11.6. The van der Waals surface area contributed by atoms with Gasteiger partial charge in [-0.05, 0) is 73.2 Å². The third-order valence-electron chi connectivity index (χ3n) is 5.37. The molecule has 3 nitrogen and oxygen atoms in total. The second-order valence-corrected chi connectivity index (χ2v) is 8.23. The summed E-state index contributed by atoms with van der Waals surface area (Å²) in [5.41, 5.74) is 4.58. The van der Waals surface area contributed by atoms with Gasteiger partial charge in [0, 0.05) is 37.6 Å². The third kappa shape index (κ3) is 8.37. The van der Waals surface area contributed by atoms with Crippen LogP contribution in [0.5, 0.6) is 0 Å². The van der Waals surface area contributed by atoms with Gasteiger partial charge < -0.3 is 9.80 Å². The van der Waals surface area contributed by atoms with Gasteiger partial charge in [0.1, 0.15) is 0 Å². The van der Waals surface area contributed by atoms with Crippen molar-refractivity contribution in [1.82, 2.24) is 0 Å². The zero-order valence-electron chi connectivity index (χ0n) is 20.4. The molecule has 0 amide bonds. The molecule has 0 aliphatic carbocycles. The van der Waals surface area contributed by atoms with Crippen molar-refractivity contribution < 1.29 is 4.79 Å². The van der Waals surface area contributed by atoms with Crippen LogP contribution in [0.3, 0.4) is 0 Å². The molecular formula is C29H40N2O. The van der Waals surface area contributed by atoms with Gasteiger partial charge in [-0.15, -0.1) is 0 Å². The van der Waals surface area contributed by atoms with Crippen molar-refractivity contribution in [3.8, 4) is 0 Å². The third-order valence-corrected chi connectivity index (χ3v) is 5.37. The molecule has 0 saturated carbocycles. The Balaban J connectivity index is 1.95. The van der Waals surface area contributed by atoms with Crippen molar-refractivity contribution in [2.75, 3.05) is 36.0 Å². The Morgan fingerprint density at radius 3 is 1.19 bits per heavy atom. The van der Waals surface area contributed by atoms with Gasteiger partial charge in [-0.2, -0.15) is 0 Å². The molecule has 0 fully saturated rings. The fourth-order valence-electron chi connectivity index (χ4n) is 3.82. The maximum atomic E-state index is 12.3. The number of carbonyl (C=O) groups is 1. The van der Waals surface area contributed by atoms with Crippen LogP contribution in [-0.4, -0.2) is 32.0 Å². The quantitative estimate of drug-likeness (QED) is 0.294. The van der Waals surface area contributed by atoms with Gasteiger partial charge in [-0.25, -0.2) is 0 Å². The van der Waals surface area contributed by atoms with Crippen LogP contribution in [0.15, 0.2) is 60.7 Å². The van der Waals surface area contributed by atoms with Crippen LogP contribution in [0, 0.1) is 0 Å². The highest BCUT2D eigenvalue weighted by Crippen LogP contribution is 2.18. The highest BCUT2D eigenvalue weighted by molar-refractivity contribution is 6.04. The fraction of sp³-hybridized carbons (Fsp3) is 0.414. The van der Waals surface area contributed by atoms with Gasteiger partial charge in [0.25, 0.3) is 0 Å². The molecule has 3 heteroatoms. The first-order valence-electron chi connectivity index (χ1n) is 12.2. The zero-order valence-corrected chi connectivity index (χ0v) is 20.4. The van der Waals surface area contributed by atoms with E-state index in [0.717, 1.165) is 63.0 Å². The van der Waals surface area contributed by atoms with E-state index in [0.29, 0.717) is 0 Å². The van der Waals surface area contributed by atoms with E-state index in [4.69, 9.17) is 0 Å². The summed E-state index contributed by atoms with van der Waals surface area (Å²) < 4.78 is 0. The Hall–Kier alpha value is -2.81. The number of nitrogens with zero attached hydrogens (tertiary/aromatic N) is 2. The van der Waals surface area contributed by atoms with Crippen LogP contribution in [-0.2, 0) is 4.79 Å². The van der Waals surface area contributed by atoms with E-state index >= 15 is 0 Å². The minimum absolute atomic E-state index is 0.00432. The molecule has 0 aromatic heterocycles. The normalized spacial score (nSPS) is 11.4. The minimum Gasteiger partial charge on any atom is -0.372 e. The molecular weight excluding hydrogens is 392 g/mol. The molecule has 0 spiro atoms. The summed E-state index contributed by atoms with van der Waals surface area (Å²) in [4.78, 5) is 17.1. The second kappa shape index (κ2) is 14.3. The van der Waals surface area contributed by atoms with Gasteiger partial charge in [0.2, 0.25) is 0 Å². The van der Waals surface area contributed by atoms with E-state index in [-0.39, 0.29) is 5.78 Å². The summed E-state index contributed by atoms with van der Waals surface area (Å²) in [6.45, 7) is 13.1. The van der Waals surface area contributed by atoms with Crippen molar-refractivity contribution in [2.45, 2.75) is 53.4 Å². The lowest BCUT2D eigenvalue weighted by atomic mass is 10.1. The van der Waals surface area contributed by atoms with Crippen LogP contribution in [0.1, 0.15) is 64.5 Å². The summed E-state index contributed by atoms with van der Waals surface area (Å²) in [6, 6.07) is 16.9. The monoisotopic (exact) mass is 432 g/mol. The smallest absolute Gasteiger partial charge is 0.178 e. The zero-order chi connectivity index (χ0) is 23.2. The molecule has 32 heavy (non-hydrogen) atoms. The standard InChI is InChI=1S/C29H40N2O/c1-5-21-30(22-6-2)27-15-9-25(10-16-27)13-19-29(32)20-14-26-11-17-28(18-12-26)31(23-7-3)24-8-4/h9-20H,5-8,21-24H2,1-4H3/b19-13+,20-14+. The minimum atomic E-state index is -0.00432.